The molecule has 2 saturated heterocycles. The molecule has 38 heavy (non-hydrogen) atoms. The van der Waals surface area contributed by atoms with Gasteiger partial charge in [-0.25, -0.2) is 14.4 Å². The Morgan fingerprint density at radius 1 is 1.11 bits per heavy atom. The van der Waals surface area contributed by atoms with Crippen LogP contribution in [0.1, 0.15) is 19.6 Å². The number of ether oxygens (including phenoxy) is 1. The van der Waals surface area contributed by atoms with Gasteiger partial charge in [0.2, 0.25) is 5.91 Å². The van der Waals surface area contributed by atoms with Gasteiger partial charge in [-0.2, -0.15) is 0 Å². The zero-order valence-electron chi connectivity index (χ0n) is 21.7. The number of rotatable bonds is 6. The Balaban J connectivity index is 1.33. The number of piperazine rings is 1. The zero-order valence-corrected chi connectivity index (χ0v) is 21.7. The molecule has 6 rings (SSSR count). The number of aromatic nitrogens is 3. The Hall–Kier alpha value is -3.54. The Labute approximate surface area is 219 Å². The molecule has 0 saturated carbocycles. The lowest BCUT2D eigenvalue weighted by molar-refractivity contribution is -0.129. The first kappa shape index (κ1) is 24.8. The van der Waals surface area contributed by atoms with Gasteiger partial charge in [-0.1, -0.05) is 0 Å². The van der Waals surface area contributed by atoms with E-state index >= 15 is 4.39 Å². The van der Waals surface area contributed by atoms with Crippen LogP contribution in [0.2, 0.25) is 0 Å². The summed E-state index contributed by atoms with van der Waals surface area (Å²) >= 11 is 0. The van der Waals surface area contributed by atoms with Gasteiger partial charge in [-0.15, -0.1) is 0 Å². The number of carbonyl (C=O) groups is 1. The predicted octanol–water partition coefficient (Wildman–Crippen LogP) is 2.73. The minimum Gasteiger partial charge on any atom is -0.454 e. The maximum atomic E-state index is 15.1. The molecule has 5 heterocycles. The lowest BCUT2D eigenvalue weighted by atomic mass is 10.0. The van der Waals surface area contributed by atoms with Crippen molar-refractivity contribution < 1.29 is 18.3 Å². The van der Waals surface area contributed by atoms with Gasteiger partial charge in [-0.05, 0) is 32.0 Å². The molecular formula is C27H32FN7O3. The number of nitrogens with zero attached hydrogens (tertiary/aromatic N) is 5. The largest absolute Gasteiger partial charge is 0.454 e. The van der Waals surface area contributed by atoms with Gasteiger partial charge in [0, 0.05) is 62.4 Å². The van der Waals surface area contributed by atoms with Crippen molar-refractivity contribution in [2.75, 3.05) is 57.4 Å². The van der Waals surface area contributed by atoms with E-state index in [2.05, 4.69) is 19.7 Å². The van der Waals surface area contributed by atoms with E-state index in [-0.39, 0.29) is 11.7 Å². The third kappa shape index (κ3) is 4.40. The molecule has 0 radical (unpaired) electrons. The second kappa shape index (κ2) is 9.64. The summed E-state index contributed by atoms with van der Waals surface area (Å²) in [7, 11) is 0. The van der Waals surface area contributed by atoms with Crippen molar-refractivity contribution in [3.63, 3.8) is 0 Å². The number of benzene rings is 1. The SMILES string of the molecule is CC(C)(C(N)=O)N1CCN(Cc2cc3nc(-c4c(F)ccc5[nH]ccc45)nc(N4CCOCC4)c3o2)CC1. The smallest absolute Gasteiger partial charge is 0.237 e. The number of nitrogens with one attached hydrogen (secondary N) is 1. The van der Waals surface area contributed by atoms with Gasteiger partial charge in [0.25, 0.3) is 0 Å². The van der Waals surface area contributed by atoms with E-state index in [1.165, 1.54) is 6.07 Å². The molecule has 1 amide bonds. The van der Waals surface area contributed by atoms with E-state index in [0.29, 0.717) is 61.2 Å². The number of morpholine rings is 1. The first-order valence-electron chi connectivity index (χ1n) is 13.0. The van der Waals surface area contributed by atoms with E-state index in [4.69, 9.17) is 24.9 Å². The number of amides is 1. The van der Waals surface area contributed by atoms with Crippen LogP contribution in [-0.4, -0.2) is 88.7 Å². The molecule has 4 aromatic rings. The fraction of sp³-hybridized carbons (Fsp3) is 0.444. The molecule has 2 aliphatic heterocycles. The van der Waals surface area contributed by atoms with Crippen LogP contribution in [0.25, 0.3) is 33.4 Å². The van der Waals surface area contributed by atoms with Crippen molar-refractivity contribution in [1.29, 1.82) is 0 Å². The fourth-order valence-electron chi connectivity index (χ4n) is 5.32. The lowest BCUT2D eigenvalue weighted by Gasteiger charge is -2.42. The summed E-state index contributed by atoms with van der Waals surface area (Å²) in [6.45, 7) is 9.85. The number of fused-ring (bicyclic) bond motifs is 2. The van der Waals surface area contributed by atoms with Gasteiger partial charge < -0.3 is 24.8 Å². The number of aromatic amines is 1. The summed E-state index contributed by atoms with van der Waals surface area (Å²) in [6.07, 6.45) is 1.79. The molecule has 200 valence electrons. The first-order valence-corrected chi connectivity index (χ1v) is 13.0. The summed E-state index contributed by atoms with van der Waals surface area (Å²) in [5.74, 6) is 1.06. The molecule has 11 heteroatoms. The highest BCUT2D eigenvalue weighted by Gasteiger charge is 2.35. The molecule has 0 atom stereocenters. The van der Waals surface area contributed by atoms with Crippen LogP contribution < -0.4 is 10.6 Å². The average Bonchev–Trinajstić information content (AvgIpc) is 3.55. The van der Waals surface area contributed by atoms with E-state index in [1.54, 1.807) is 12.3 Å². The quantitative estimate of drug-likeness (QED) is 0.398. The summed E-state index contributed by atoms with van der Waals surface area (Å²) < 4.78 is 27.0. The third-order valence-electron chi connectivity index (χ3n) is 7.77. The van der Waals surface area contributed by atoms with Gasteiger partial charge >= 0.3 is 0 Å². The lowest BCUT2D eigenvalue weighted by Crippen LogP contribution is -2.59. The van der Waals surface area contributed by atoms with Gasteiger partial charge in [0.05, 0.1) is 30.9 Å². The third-order valence-corrected chi connectivity index (χ3v) is 7.77. The maximum Gasteiger partial charge on any atom is 0.237 e. The van der Waals surface area contributed by atoms with Crippen LogP contribution in [0, 0.1) is 5.82 Å². The second-order valence-electron chi connectivity index (χ2n) is 10.4. The van der Waals surface area contributed by atoms with Crippen LogP contribution in [0.15, 0.2) is 34.9 Å². The zero-order chi connectivity index (χ0) is 26.4. The van der Waals surface area contributed by atoms with Crippen molar-refractivity contribution >= 4 is 33.7 Å². The number of primary amides is 1. The van der Waals surface area contributed by atoms with Crippen LogP contribution in [0.3, 0.4) is 0 Å². The van der Waals surface area contributed by atoms with Crippen LogP contribution in [0.4, 0.5) is 10.2 Å². The van der Waals surface area contributed by atoms with Gasteiger partial charge in [0.1, 0.15) is 17.1 Å². The number of nitrogens with two attached hydrogens (primary N) is 1. The number of furan rings is 1. The second-order valence-corrected chi connectivity index (χ2v) is 10.4. The van der Waals surface area contributed by atoms with E-state index in [0.717, 1.165) is 42.8 Å². The molecule has 1 aromatic carbocycles. The number of hydrogen-bond acceptors (Lipinski definition) is 8. The minimum atomic E-state index is -0.678. The van der Waals surface area contributed by atoms with E-state index in [9.17, 15) is 4.79 Å². The Kier molecular flexibility index (Phi) is 6.29. The Morgan fingerprint density at radius 2 is 1.87 bits per heavy atom. The molecule has 2 fully saturated rings. The minimum absolute atomic E-state index is 0.319. The maximum absolute atomic E-state index is 15.1. The van der Waals surface area contributed by atoms with Crippen molar-refractivity contribution in [2.45, 2.75) is 25.9 Å². The molecule has 0 unspecified atom stereocenters. The van der Waals surface area contributed by atoms with Crippen molar-refractivity contribution in [3.8, 4) is 11.4 Å². The molecule has 2 aliphatic rings. The molecular weight excluding hydrogens is 489 g/mol. The first-order chi connectivity index (χ1) is 18.3. The average molecular weight is 522 g/mol. The van der Waals surface area contributed by atoms with Crippen molar-refractivity contribution in [3.05, 3.63) is 42.0 Å². The number of anilines is 1. The van der Waals surface area contributed by atoms with Gasteiger partial charge in [-0.3, -0.25) is 14.6 Å². The van der Waals surface area contributed by atoms with Crippen LogP contribution >= 0.6 is 0 Å². The number of H-pyrrole nitrogens is 1. The number of carbonyl (C=O) groups excluding carboxylic acids is 1. The molecule has 3 N–H and O–H groups in total. The number of hydrogen-bond donors (Lipinski definition) is 2. The molecule has 0 spiro atoms. The predicted molar refractivity (Wildman–Crippen MR) is 142 cm³/mol. The molecule has 0 aliphatic carbocycles. The molecule has 0 bridgehead atoms. The highest BCUT2D eigenvalue weighted by Crippen LogP contribution is 2.35. The normalized spacial score (nSPS) is 18.0. The van der Waals surface area contributed by atoms with Crippen molar-refractivity contribution in [2.24, 2.45) is 5.73 Å². The topological polar surface area (TPSA) is 117 Å². The van der Waals surface area contributed by atoms with E-state index < -0.39 is 5.54 Å². The summed E-state index contributed by atoms with van der Waals surface area (Å²) in [6, 6.07) is 6.93. The van der Waals surface area contributed by atoms with Crippen LogP contribution in [0.5, 0.6) is 0 Å². The summed E-state index contributed by atoms with van der Waals surface area (Å²) in [5.41, 5.74) is 7.37. The molecule has 3 aromatic heterocycles. The van der Waals surface area contributed by atoms with Gasteiger partial charge in [0.15, 0.2) is 17.2 Å². The van der Waals surface area contributed by atoms with Crippen molar-refractivity contribution in [1.82, 2.24) is 24.8 Å². The van der Waals surface area contributed by atoms with E-state index in [1.807, 2.05) is 26.0 Å². The number of halogens is 1. The van der Waals surface area contributed by atoms with Crippen LogP contribution in [-0.2, 0) is 16.1 Å². The highest BCUT2D eigenvalue weighted by atomic mass is 19.1. The Bertz CT molecular complexity index is 1480. The Morgan fingerprint density at radius 3 is 2.61 bits per heavy atom. The summed E-state index contributed by atoms with van der Waals surface area (Å²) in [4.78, 5) is 31.1. The highest BCUT2D eigenvalue weighted by molar-refractivity contribution is 5.96. The standard InChI is InChI=1S/C27H32FN7O3/c1-27(2,26(29)36)35-9-7-33(8-10-35)16-17-15-21-23(38-17)25(34-11-13-37-14-12-34)32-24(31-21)22-18-5-6-30-20(18)4-3-19(22)28/h3-6,15,30H,7-14,16H2,1-2H3,(H2,29,36). The monoisotopic (exact) mass is 521 g/mol. The summed E-state index contributed by atoms with van der Waals surface area (Å²) in [5, 5.41) is 0.734. The molecule has 10 nitrogen and oxygen atoms in total. The fourth-order valence-corrected chi connectivity index (χ4v) is 5.32.